The molecule has 0 bridgehead atoms. The summed E-state index contributed by atoms with van der Waals surface area (Å²) in [6.45, 7) is 4.27. The number of carbonyl (C=O) groups is 1. The zero-order chi connectivity index (χ0) is 16.6. The van der Waals surface area contributed by atoms with Crippen molar-refractivity contribution in [2.45, 2.75) is 19.3 Å². The van der Waals surface area contributed by atoms with E-state index < -0.39 is 0 Å². The Kier molecular flexibility index (Phi) is 3.90. The minimum Gasteiger partial charge on any atom is -0.347 e. The van der Waals surface area contributed by atoms with Gasteiger partial charge in [0.25, 0.3) is 0 Å². The number of benzene rings is 2. The zero-order valence-electron chi connectivity index (χ0n) is 13.4. The highest BCUT2D eigenvalue weighted by molar-refractivity contribution is 6.30. The topological polar surface area (TPSA) is 32.3 Å². The lowest BCUT2D eigenvalue weighted by atomic mass is 9.84. The number of likely N-dealkylation sites (N-methyl/N-ethyl adjacent to an activating group) is 1. The van der Waals surface area contributed by atoms with Gasteiger partial charge in [0.1, 0.15) is 0 Å². The van der Waals surface area contributed by atoms with Gasteiger partial charge in [-0.1, -0.05) is 49.7 Å². The SMILES string of the molecule is CN1/C(=C\C(=O)Nc2cccc(Cl)c2)C(C)(C)c2ccccc21. The van der Waals surface area contributed by atoms with Crippen LogP contribution in [-0.4, -0.2) is 13.0 Å². The van der Waals surface area contributed by atoms with Crippen LogP contribution >= 0.6 is 11.6 Å². The van der Waals surface area contributed by atoms with Gasteiger partial charge in [0.15, 0.2) is 0 Å². The molecule has 0 spiro atoms. The van der Waals surface area contributed by atoms with Crippen molar-refractivity contribution >= 4 is 28.9 Å². The number of halogens is 1. The van der Waals surface area contributed by atoms with E-state index in [1.165, 1.54) is 5.56 Å². The molecule has 23 heavy (non-hydrogen) atoms. The minimum absolute atomic E-state index is 0.157. The molecule has 1 aliphatic heterocycles. The van der Waals surface area contributed by atoms with Crippen molar-refractivity contribution in [2.75, 3.05) is 17.3 Å². The van der Waals surface area contributed by atoms with E-state index in [0.717, 1.165) is 11.4 Å². The van der Waals surface area contributed by atoms with E-state index in [9.17, 15) is 4.79 Å². The predicted octanol–water partition coefficient (Wildman–Crippen LogP) is 4.59. The van der Waals surface area contributed by atoms with Gasteiger partial charge in [-0.2, -0.15) is 0 Å². The maximum Gasteiger partial charge on any atom is 0.250 e. The van der Waals surface area contributed by atoms with Crippen molar-refractivity contribution in [3.05, 3.63) is 70.9 Å². The van der Waals surface area contributed by atoms with Gasteiger partial charge in [-0.15, -0.1) is 0 Å². The van der Waals surface area contributed by atoms with Crippen LogP contribution in [0, 0.1) is 0 Å². The van der Waals surface area contributed by atoms with Crippen molar-refractivity contribution < 1.29 is 4.79 Å². The molecular weight excluding hydrogens is 308 g/mol. The molecular formula is C19H19ClN2O. The Labute approximate surface area is 141 Å². The molecule has 0 aromatic heterocycles. The Hall–Kier alpha value is -2.26. The van der Waals surface area contributed by atoms with E-state index in [1.54, 1.807) is 18.2 Å². The second-order valence-electron chi connectivity index (χ2n) is 6.23. The van der Waals surface area contributed by atoms with Gasteiger partial charge in [-0.25, -0.2) is 0 Å². The number of amides is 1. The van der Waals surface area contributed by atoms with Gasteiger partial charge in [0.2, 0.25) is 5.91 Å². The van der Waals surface area contributed by atoms with Crippen molar-refractivity contribution in [1.29, 1.82) is 0 Å². The third-order valence-corrected chi connectivity index (χ3v) is 4.54. The van der Waals surface area contributed by atoms with Gasteiger partial charge >= 0.3 is 0 Å². The Bertz CT molecular complexity index is 795. The number of fused-ring (bicyclic) bond motifs is 1. The van der Waals surface area contributed by atoms with Crippen molar-refractivity contribution in [1.82, 2.24) is 0 Å². The molecule has 3 rings (SSSR count). The third kappa shape index (κ3) is 2.84. The number of anilines is 2. The van der Waals surface area contributed by atoms with Crippen LogP contribution in [0.3, 0.4) is 0 Å². The molecule has 0 aliphatic carbocycles. The molecule has 1 heterocycles. The molecule has 1 N–H and O–H groups in total. The highest BCUT2D eigenvalue weighted by Gasteiger charge is 2.38. The monoisotopic (exact) mass is 326 g/mol. The summed E-state index contributed by atoms with van der Waals surface area (Å²) in [5, 5.41) is 3.47. The molecule has 1 aliphatic rings. The van der Waals surface area contributed by atoms with Crippen molar-refractivity contribution in [3.63, 3.8) is 0 Å². The molecule has 0 saturated carbocycles. The summed E-state index contributed by atoms with van der Waals surface area (Å²) in [6, 6.07) is 15.4. The van der Waals surface area contributed by atoms with Crippen LogP contribution in [0.15, 0.2) is 60.3 Å². The molecule has 0 saturated heterocycles. The standard InChI is InChI=1S/C19H19ClN2O/c1-19(2)15-9-4-5-10-16(15)22(3)17(19)12-18(23)21-14-8-6-7-13(20)11-14/h4-12H,1-3H3,(H,21,23)/b17-12-. The van der Waals surface area contributed by atoms with E-state index in [-0.39, 0.29) is 11.3 Å². The summed E-state index contributed by atoms with van der Waals surface area (Å²) < 4.78 is 0. The number of nitrogens with one attached hydrogen (secondary N) is 1. The lowest BCUT2D eigenvalue weighted by Gasteiger charge is -2.24. The fourth-order valence-electron chi connectivity index (χ4n) is 3.13. The van der Waals surface area contributed by atoms with Crippen LogP contribution in [0.5, 0.6) is 0 Å². The van der Waals surface area contributed by atoms with E-state index in [2.05, 4.69) is 36.2 Å². The predicted molar refractivity (Wildman–Crippen MR) is 96.0 cm³/mol. The number of hydrogen-bond acceptors (Lipinski definition) is 2. The lowest BCUT2D eigenvalue weighted by molar-refractivity contribution is -0.112. The summed E-state index contributed by atoms with van der Waals surface area (Å²) in [7, 11) is 1.99. The van der Waals surface area contributed by atoms with Crippen LogP contribution in [-0.2, 0) is 10.2 Å². The second-order valence-corrected chi connectivity index (χ2v) is 6.67. The molecule has 3 nitrogen and oxygen atoms in total. The summed E-state index contributed by atoms with van der Waals surface area (Å²) in [6.07, 6.45) is 1.67. The molecule has 1 amide bonds. The summed E-state index contributed by atoms with van der Waals surface area (Å²) >= 11 is 5.95. The van der Waals surface area contributed by atoms with Gasteiger partial charge < -0.3 is 10.2 Å². The van der Waals surface area contributed by atoms with E-state index in [0.29, 0.717) is 10.7 Å². The first-order valence-corrected chi connectivity index (χ1v) is 7.89. The molecule has 2 aromatic rings. The average molecular weight is 327 g/mol. The van der Waals surface area contributed by atoms with Gasteiger partial charge in [-0.05, 0) is 29.8 Å². The first-order chi connectivity index (χ1) is 10.9. The fourth-order valence-corrected chi connectivity index (χ4v) is 3.32. The smallest absolute Gasteiger partial charge is 0.250 e. The van der Waals surface area contributed by atoms with Gasteiger partial charge in [-0.3, -0.25) is 4.79 Å². The first kappa shape index (κ1) is 15.6. The van der Waals surface area contributed by atoms with Crippen LogP contribution in [0.25, 0.3) is 0 Å². The van der Waals surface area contributed by atoms with Crippen molar-refractivity contribution in [3.8, 4) is 0 Å². The number of para-hydroxylation sites is 1. The van der Waals surface area contributed by atoms with E-state index in [4.69, 9.17) is 11.6 Å². The molecule has 2 aromatic carbocycles. The molecule has 0 unspecified atom stereocenters. The summed E-state index contributed by atoms with van der Waals surface area (Å²) in [5.41, 5.74) is 3.81. The number of allylic oxidation sites excluding steroid dienone is 1. The summed E-state index contributed by atoms with van der Waals surface area (Å²) in [5.74, 6) is -0.157. The van der Waals surface area contributed by atoms with Crippen LogP contribution in [0.1, 0.15) is 19.4 Å². The Balaban J connectivity index is 1.89. The van der Waals surface area contributed by atoms with Gasteiger partial charge in [0.05, 0.1) is 0 Å². The molecule has 4 heteroatoms. The maximum absolute atomic E-state index is 12.4. The van der Waals surface area contributed by atoms with Crippen LogP contribution in [0.4, 0.5) is 11.4 Å². The van der Waals surface area contributed by atoms with Gasteiger partial charge in [0, 0.05) is 40.6 Å². The highest BCUT2D eigenvalue weighted by atomic mass is 35.5. The number of rotatable bonds is 2. The third-order valence-electron chi connectivity index (χ3n) is 4.30. The Morgan fingerprint density at radius 2 is 1.91 bits per heavy atom. The molecule has 0 atom stereocenters. The minimum atomic E-state index is -0.211. The Morgan fingerprint density at radius 3 is 2.61 bits per heavy atom. The normalized spacial score (nSPS) is 17.2. The highest BCUT2D eigenvalue weighted by Crippen LogP contribution is 2.46. The first-order valence-electron chi connectivity index (χ1n) is 7.51. The summed E-state index contributed by atoms with van der Waals surface area (Å²) in [4.78, 5) is 14.5. The average Bonchev–Trinajstić information content (AvgIpc) is 2.69. The van der Waals surface area contributed by atoms with E-state index in [1.807, 2.05) is 31.3 Å². The Morgan fingerprint density at radius 1 is 1.17 bits per heavy atom. The quantitative estimate of drug-likeness (QED) is 0.819. The molecule has 0 radical (unpaired) electrons. The zero-order valence-corrected chi connectivity index (χ0v) is 14.2. The van der Waals surface area contributed by atoms with Crippen molar-refractivity contribution in [2.24, 2.45) is 0 Å². The fraction of sp³-hybridized carbons (Fsp3) is 0.211. The molecule has 118 valence electrons. The van der Waals surface area contributed by atoms with Crippen LogP contribution in [0.2, 0.25) is 5.02 Å². The number of nitrogens with zero attached hydrogens (tertiary/aromatic N) is 1. The van der Waals surface area contributed by atoms with E-state index >= 15 is 0 Å². The maximum atomic E-state index is 12.4. The largest absolute Gasteiger partial charge is 0.347 e. The lowest BCUT2D eigenvalue weighted by Crippen LogP contribution is -2.25. The van der Waals surface area contributed by atoms with Crippen LogP contribution < -0.4 is 10.2 Å². The number of carbonyl (C=O) groups excluding carboxylic acids is 1. The number of hydrogen-bond donors (Lipinski definition) is 1. The second kappa shape index (κ2) is 5.74. The molecule has 0 fully saturated rings.